The predicted octanol–water partition coefficient (Wildman–Crippen LogP) is 10.2. The number of hydrogen-bond donors (Lipinski definition) is 1. The van der Waals surface area contributed by atoms with Crippen LogP contribution >= 0.6 is 0 Å². The van der Waals surface area contributed by atoms with Crippen LogP contribution < -0.4 is 5.32 Å². The molecule has 0 atom stereocenters. The highest BCUT2D eigenvalue weighted by Crippen LogP contribution is 2.63. The summed E-state index contributed by atoms with van der Waals surface area (Å²) in [5, 5.41) is 4.05. The molecule has 0 radical (unpaired) electrons. The summed E-state index contributed by atoms with van der Waals surface area (Å²) in [5.41, 5.74) is 18.4. The minimum atomic E-state index is -0.382. The molecule has 1 heteroatoms. The molecule has 208 valence electrons. The van der Waals surface area contributed by atoms with E-state index in [9.17, 15) is 0 Å². The summed E-state index contributed by atoms with van der Waals surface area (Å²) in [4.78, 5) is 0. The number of nitrogens with one attached hydrogen (secondary N) is 1. The van der Waals surface area contributed by atoms with Gasteiger partial charge in [-0.05, 0) is 81.5 Å². The maximum absolute atomic E-state index is 5.72. The summed E-state index contributed by atoms with van der Waals surface area (Å²) < 4.78 is 0. The molecule has 1 nitrogen and oxygen atoms in total. The second kappa shape index (κ2) is 9.35. The number of terminal acetylenes is 1. The maximum atomic E-state index is 5.72. The van der Waals surface area contributed by atoms with Crippen molar-refractivity contribution in [1.82, 2.24) is 0 Å². The van der Waals surface area contributed by atoms with E-state index in [2.05, 4.69) is 141 Å². The van der Waals surface area contributed by atoms with Gasteiger partial charge in [-0.3, -0.25) is 0 Å². The summed E-state index contributed by atoms with van der Waals surface area (Å²) in [7, 11) is 0. The van der Waals surface area contributed by atoms with E-state index >= 15 is 0 Å². The molecule has 0 heterocycles. The van der Waals surface area contributed by atoms with Crippen molar-refractivity contribution >= 4 is 16.8 Å². The fourth-order valence-electron chi connectivity index (χ4n) is 8.55. The summed E-state index contributed by atoms with van der Waals surface area (Å²) >= 11 is 0. The Morgan fingerprint density at radius 1 is 0.791 bits per heavy atom. The zero-order valence-electron chi connectivity index (χ0n) is 25.1. The van der Waals surface area contributed by atoms with Crippen molar-refractivity contribution in [3.8, 4) is 23.5 Å². The van der Waals surface area contributed by atoms with Crippen molar-refractivity contribution in [1.29, 1.82) is 0 Å². The highest BCUT2D eigenvalue weighted by Gasteiger charge is 2.52. The molecule has 4 aromatic carbocycles. The lowest BCUT2D eigenvalue weighted by Gasteiger charge is -2.32. The van der Waals surface area contributed by atoms with Gasteiger partial charge in [0.2, 0.25) is 0 Å². The SMILES string of the molecule is C#CC/C=C\C1=C(C)c2c(NC3=C4C(=CCC3)C(C)(C)c3ccccc34)cccc2C12c1ccccc1-c1ccccc12. The maximum Gasteiger partial charge on any atom is 0.0722 e. The summed E-state index contributed by atoms with van der Waals surface area (Å²) in [6.07, 6.45) is 15.3. The van der Waals surface area contributed by atoms with Gasteiger partial charge in [0.15, 0.2) is 0 Å². The van der Waals surface area contributed by atoms with E-state index in [0.717, 1.165) is 12.8 Å². The molecule has 0 fully saturated rings. The Morgan fingerprint density at radius 2 is 1.42 bits per heavy atom. The van der Waals surface area contributed by atoms with Crippen molar-refractivity contribution in [3.05, 3.63) is 159 Å². The standard InChI is InChI=1S/C42H35N/c1-5-6-7-19-31-27(2)39-36(42(31)33-21-12-8-16-28(33)29-17-9-13-22-34(29)42)24-15-25-37(39)43-38-26-14-23-35-40(38)30-18-10-11-20-32(30)41(35,3)4/h1,7-13,15-25,43H,6,14,26H2,2-4H3/b19-7-. The zero-order chi connectivity index (χ0) is 29.3. The monoisotopic (exact) mass is 553 g/mol. The molecule has 4 aliphatic rings. The average Bonchev–Trinajstić information content (AvgIpc) is 3.57. The molecule has 0 saturated carbocycles. The molecule has 0 bridgehead atoms. The van der Waals surface area contributed by atoms with Gasteiger partial charge in [-0.15, -0.1) is 12.3 Å². The number of benzene rings is 4. The van der Waals surface area contributed by atoms with Gasteiger partial charge in [-0.25, -0.2) is 0 Å². The first-order valence-electron chi connectivity index (χ1n) is 15.4. The van der Waals surface area contributed by atoms with Crippen molar-refractivity contribution in [3.63, 3.8) is 0 Å². The van der Waals surface area contributed by atoms with Crippen LogP contribution in [0, 0.1) is 12.3 Å². The van der Waals surface area contributed by atoms with Crippen molar-refractivity contribution in [2.75, 3.05) is 5.32 Å². The van der Waals surface area contributed by atoms with E-state index in [1.165, 1.54) is 78.2 Å². The van der Waals surface area contributed by atoms with Gasteiger partial charge in [-0.1, -0.05) is 117 Å². The highest BCUT2D eigenvalue weighted by molar-refractivity contribution is 5.99. The molecular formula is C42H35N. The Labute approximate surface area is 255 Å². The topological polar surface area (TPSA) is 12.0 Å². The molecule has 8 rings (SSSR count). The van der Waals surface area contributed by atoms with Crippen LogP contribution in [0.4, 0.5) is 5.69 Å². The van der Waals surface area contributed by atoms with Gasteiger partial charge >= 0.3 is 0 Å². The fraction of sp³-hybridized carbons (Fsp3) is 0.190. The normalized spacial score (nSPS) is 18.2. The Kier molecular flexibility index (Phi) is 5.63. The highest BCUT2D eigenvalue weighted by atomic mass is 14.9. The first-order valence-corrected chi connectivity index (χ1v) is 15.4. The van der Waals surface area contributed by atoms with Gasteiger partial charge in [0.1, 0.15) is 0 Å². The first kappa shape index (κ1) is 25.9. The third-order valence-electron chi connectivity index (χ3n) is 10.3. The van der Waals surface area contributed by atoms with Crippen LogP contribution in [-0.4, -0.2) is 0 Å². The van der Waals surface area contributed by atoms with E-state index in [1.807, 2.05) is 0 Å². The van der Waals surface area contributed by atoms with Crippen LogP contribution in [0.1, 0.15) is 73.4 Å². The molecule has 43 heavy (non-hydrogen) atoms. The molecule has 1 N–H and O–H groups in total. The van der Waals surface area contributed by atoms with Crippen LogP contribution in [-0.2, 0) is 10.8 Å². The van der Waals surface area contributed by atoms with Crippen molar-refractivity contribution in [2.45, 2.75) is 50.9 Å². The Balaban J connectivity index is 1.37. The Bertz CT molecular complexity index is 1970. The van der Waals surface area contributed by atoms with E-state index < -0.39 is 0 Å². The number of rotatable bonds is 4. The molecule has 1 spiro atoms. The summed E-state index contributed by atoms with van der Waals surface area (Å²) in [6, 6.07) is 33.7. The number of anilines is 1. The third-order valence-corrected chi connectivity index (χ3v) is 10.3. The zero-order valence-corrected chi connectivity index (χ0v) is 25.1. The lowest BCUT2D eigenvalue weighted by atomic mass is 9.69. The first-order chi connectivity index (χ1) is 21.0. The van der Waals surface area contributed by atoms with E-state index in [0.29, 0.717) is 6.42 Å². The second-order valence-electron chi connectivity index (χ2n) is 12.7. The van der Waals surface area contributed by atoms with Gasteiger partial charge < -0.3 is 5.32 Å². The minimum Gasteiger partial charge on any atom is -0.358 e. The molecule has 0 aliphatic heterocycles. The largest absolute Gasteiger partial charge is 0.358 e. The quantitative estimate of drug-likeness (QED) is 0.248. The summed E-state index contributed by atoms with van der Waals surface area (Å²) in [5.74, 6) is 2.81. The fourth-order valence-corrected chi connectivity index (χ4v) is 8.55. The van der Waals surface area contributed by atoms with Crippen LogP contribution in [0.3, 0.4) is 0 Å². The lowest BCUT2D eigenvalue weighted by Crippen LogP contribution is -2.26. The van der Waals surface area contributed by atoms with Crippen molar-refractivity contribution < 1.29 is 0 Å². The predicted molar refractivity (Wildman–Crippen MR) is 181 cm³/mol. The average molecular weight is 554 g/mol. The molecule has 0 unspecified atom stereocenters. The molecule has 0 saturated heterocycles. The molecule has 0 amide bonds. The van der Waals surface area contributed by atoms with Crippen LogP contribution in [0.2, 0.25) is 0 Å². The van der Waals surface area contributed by atoms with Gasteiger partial charge in [0, 0.05) is 34.4 Å². The minimum absolute atomic E-state index is 0.00402. The van der Waals surface area contributed by atoms with Gasteiger partial charge in [0.25, 0.3) is 0 Å². The van der Waals surface area contributed by atoms with Gasteiger partial charge in [-0.2, -0.15) is 0 Å². The van der Waals surface area contributed by atoms with Crippen LogP contribution in [0.15, 0.2) is 126 Å². The van der Waals surface area contributed by atoms with Crippen LogP contribution in [0.25, 0.3) is 22.3 Å². The van der Waals surface area contributed by atoms with E-state index in [4.69, 9.17) is 6.42 Å². The number of allylic oxidation sites excluding steroid dienone is 8. The molecule has 4 aromatic rings. The van der Waals surface area contributed by atoms with Crippen molar-refractivity contribution in [2.24, 2.45) is 0 Å². The third kappa shape index (κ3) is 3.36. The van der Waals surface area contributed by atoms with Crippen LogP contribution in [0.5, 0.6) is 0 Å². The molecular weight excluding hydrogens is 518 g/mol. The number of fused-ring (bicyclic) bond motifs is 10. The molecule has 0 aromatic heterocycles. The summed E-state index contributed by atoms with van der Waals surface area (Å²) in [6.45, 7) is 7.04. The second-order valence-corrected chi connectivity index (χ2v) is 12.7. The Hall–Kier alpha value is -4.80. The van der Waals surface area contributed by atoms with Gasteiger partial charge in [0.05, 0.1) is 5.41 Å². The Morgan fingerprint density at radius 3 is 2.12 bits per heavy atom. The smallest absolute Gasteiger partial charge is 0.0722 e. The lowest BCUT2D eigenvalue weighted by molar-refractivity contribution is 0.653. The molecule has 4 aliphatic carbocycles. The number of hydrogen-bond acceptors (Lipinski definition) is 1. The van der Waals surface area contributed by atoms with E-state index in [-0.39, 0.29) is 10.8 Å². The van der Waals surface area contributed by atoms with E-state index in [1.54, 1.807) is 0 Å².